The largest absolute Gasteiger partial charge is 0.494 e. The highest BCUT2D eigenvalue weighted by Gasteiger charge is 2.35. The second kappa shape index (κ2) is 9.80. The Morgan fingerprint density at radius 1 is 1.24 bits per heavy atom. The van der Waals surface area contributed by atoms with Crippen LogP contribution in [0.15, 0.2) is 53.5 Å². The monoisotopic (exact) mass is 431 g/mol. The molecular weight excluding hydrogens is 410 g/mol. The van der Waals surface area contributed by atoms with Crippen molar-refractivity contribution >= 4 is 51.7 Å². The van der Waals surface area contributed by atoms with Gasteiger partial charge < -0.3 is 10.1 Å². The number of rotatable bonds is 6. The fourth-order valence-corrected chi connectivity index (χ4v) is 4.17. The van der Waals surface area contributed by atoms with Gasteiger partial charge in [-0.2, -0.15) is 0 Å². The van der Waals surface area contributed by atoms with E-state index >= 15 is 0 Å². The third kappa shape index (κ3) is 5.31. The summed E-state index contributed by atoms with van der Waals surface area (Å²) in [5, 5.41) is 3.18. The van der Waals surface area contributed by atoms with Crippen LogP contribution in [0, 0.1) is 0 Å². The number of nitrogens with zero attached hydrogens (tertiary/aromatic N) is 2. The van der Waals surface area contributed by atoms with Crippen LogP contribution in [0.1, 0.15) is 20.3 Å². The minimum atomic E-state index is -0.581. The van der Waals surface area contributed by atoms with Crippen LogP contribution in [0.25, 0.3) is 0 Å². The number of ether oxygens (including phenoxy) is 1. The summed E-state index contributed by atoms with van der Waals surface area (Å²) in [6.07, 6.45) is 0.108. The molecule has 0 aliphatic carbocycles. The molecule has 1 atom stereocenters. The van der Waals surface area contributed by atoms with Gasteiger partial charge in [-0.15, -0.1) is 0 Å². The van der Waals surface area contributed by atoms with Crippen molar-refractivity contribution in [2.75, 3.05) is 18.5 Å². The fourth-order valence-electron chi connectivity index (χ4n) is 2.82. The number of carbonyl (C=O) groups excluding carboxylic acids is 2. The molecular formula is C21H22ClN3O3S. The van der Waals surface area contributed by atoms with Gasteiger partial charge in [0.05, 0.1) is 23.0 Å². The zero-order valence-corrected chi connectivity index (χ0v) is 17.8. The normalized spacial score (nSPS) is 18.0. The summed E-state index contributed by atoms with van der Waals surface area (Å²) in [6, 6.07) is 14.3. The Morgan fingerprint density at radius 3 is 2.62 bits per heavy atom. The van der Waals surface area contributed by atoms with Gasteiger partial charge in [0.15, 0.2) is 5.17 Å². The highest BCUT2D eigenvalue weighted by molar-refractivity contribution is 8.15. The first-order chi connectivity index (χ1) is 14.0. The summed E-state index contributed by atoms with van der Waals surface area (Å²) in [5.41, 5.74) is 1.21. The highest BCUT2D eigenvalue weighted by Crippen LogP contribution is 2.31. The zero-order valence-electron chi connectivity index (χ0n) is 16.2. The molecule has 0 saturated carbocycles. The van der Waals surface area contributed by atoms with Crippen LogP contribution < -0.4 is 10.1 Å². The zero-order chi connectivity index (χ0) is 20.8. The molecule has 0 spiro atoms. The Bertz CT molecular complexity index is 918. The van der Waals surface area contributed by atoms with E-state index in [0.717, 1.165) is 5.75 Å². The van der Waals surface area contributed by atoms with Crippen LogP contribution >= 0.6 is 23.4 Å². The van der Waals surface area contributed by atoms with Crippen LogP contribution in [0.5, 0.6) is 5.75 Å². The lowest BCUT2D eigenvalue weighted by Gasteiger charge is -2.31. The van der Waals surface area contributed by atoms with Crippen molar-refractivity contribution in [1.29, 1.82) is 0 Å². The van der Waals surface area contributed by atoms with Crippen molar-refractivity contribution in [3.05, 3.63) is 53.6 Å². The number of para-hydroxylation sites is 1. The van der Waals surface area contributed by atoms with Crippen LogP contribution in [-0.2, 0) is 9.59 Å². The smallest absolute Gasteiger partial charge is 0.238 e. The molecule has 6 nitrogen and oxygen atoms in total. The van der Waals surface area contributed by atoms with E-state index in [1.807, 2.05) is 38.1 Å². The van der Waals surface area contributed by atoms with Crippen molar-refractivity contribution in [3.63, 3.8) is 0 Å². The number of aliphatic imine (C=N–C) groups is 1. The summed E-state index contributed by atoms with van der Waals surface area (Å²) < 4.78 is 5.44. The number of benzene rings is 2. The molecule has 3 rings (SSSR count). The van der Waals surface area contributed by atoms with Crippen molar-refractivity contribution in [3.8, 4) is 5.75 Å². The number of carbonyl (C=O) groups is 2. The van der Waals surface area contributed by atoms with Gasteiger partial charge >= 0.3 is 0 Å². The first kappa shape index (κ1) is 21.2. The van der Waals surface area contributed by atoms with Gasteiger partial charge in [0.2, 0.25) is 11.8 Å². The van der Waals surface area contributed by atoms with Crippen molar-refractivity contribution in [2.24, 2.45) is 4.99 Å². The number of hydrogen-bond donors (Lipinski definition) is 1. The van der Waals surface area contributed by atoms with Crippen LogP contribution in [-0.4, -0.2) is 40.3 Å². The number of amides is 2. The van der Waals surface area contributed by atoms with Gasteiger partial charge in [-0.1, -0.05) is 35.5 Å². The molecule has 1 N–H and O–H groups in total. The quantitative estimate of drug-likeness (QED) is 0.718. The number of hydrogen-bond acceptors (Lipinski definition) is 5. The van der Waals surface area contributed by atoms with Gasteiger partial charge in [-0.3, -0.25) is 14.5 Å². The molecule has 152 valence electrons. The maximum Gasteiger partial charge on any atom is 0.238 e. The second-order valence-corrected chi connectivity index (χ2v) is 7.82. The van der Waals surface area contributed by atoms with Crippen LogP contribution in [0.4, 0.5) is 11.4 Å². The molecule has 0 bridgehead atoms. The van der Waals surface area contributed by atoms with Gasteiger partial charge in [-0.25, -0.2) is 4.99 Å². The average Bonchev–Trinajstić information content (AvgIpc) is 2.71. The first-order valence-corrected chi connectivity index (χ1v) is 10.6. The Balaban J connectivity index is 1.79. The van der Waals surface area contributed by atoms with Crippen molar-refractivity contribution in [2.45, 2.75) is 25.5 Å². The Labute approximate surface area is 179 Å². The van der Waals surface area contributed by atoms with Gasteiger partial charge in [0, 0.05) is 13.0 Å². The number of anilines is 1. The summed E-state index contributed by atoms with van der Waals surface area (Å²) in [4.78, 5) is 31.5. The molecule has 29 heavy (non-hydrogen) atoms. The van der Waals surface area contributed by atoms with Gasteiger partial charge in [0.1, 0.15) is 11.0 Å². The molecule has 1 heterocycles. The third-order valence-electron chi connectivity index (χ3n) is 4.25. The number of thioether (sulfide) groups is 1. The number of nitrogens with one attached hydrogen (secondary N) is 1. The lowest BCUT2D eigenvalue weighted by molar-refractivity contribution is -0.129. The molecule has 1 saturated heterocycles. The van der Waals surface area contributed by atoms with E-state index in [1.54, 1.807) is 29.2 Å². The molecule has 2 aromatic carbocycles. The van der Waals surface area contributed by atoms with Gasteiger partial charge in [-0.05, 0) is 50.2 Å². The summed E-state index contributed by atoms with van der Waals surface area (Å²) in [7, 11) is 0. The average molecular weight is 432 g/mol. The molecule has 2 amide bonds. The van der Waals surface area contributed by atoms with E-state index < -0.39 is 5.25 Å². The lowest BCUT2D eigenvalue weighted by atomic mass is 10.2. The molecule has 0 aromatic heterocycles. The molecule has 2 aromatic rings. The second-order valence-electron chi connectivity index (χ2n) is 6.24. The molecule has 1 fully saturated rings. The molecule has 0 unspecified atom stereocenters. The highest BCUT2D eigenvalue weighted by atomic mass is 35.5. The van der Waals surface area contributed by atoms with Gasteiger partial charge in [0.25, 0.3) is 0 Å². The maximum absolute atomic E-state index is 12.7. The van der Waals surface area contributed by atoms with Crippen molar-refractivity contribution in [1.82, 2.24) is 4.90 Å². The number of amidine groups is 1. The van der Waals surface area contributed by atoms with E-state index in [-0.39, 0.29) is 18.2 Å². The van der Waals surface area contributed by atoms with Crippen LogP contribution in [0.2, 0.25) is 5.02 Å². The molecule has 0 radical (unpaired) electrons. The fraction of sp³-hybridized carbons (Fsp3) is 0.286. The van der Waals surface area contributed by atoms with Crippen LogP contribution in [0.3, 0.4) is 0 Å². The predicted molar refractivity (Wildman–Crippen MR) is 118 cm³/mol. The predicted octanol–water partition coefficient (Wildman–Crippen LogP) is 4.72. The minimum Gasteiger partial charge on any atom is -0.494 e. The first-order valence-electron chi connectivity index (χ1n) is 9.35. The van der Waals surface area contributed by atoms with E-state index in [0.29, 0.717) is 34.7 Å². The molecule has 1 aliphatic heterocycles. The Hall–Kier alpha value is -2.51. The lowest BCUT2D eigenvalue weighted by Crippen LogP contribution is -2.45. The van der Waals surface area contributed by atoms with E-state index in [2.05, 4.69) is 10.3 Å². The summed E-state index contributed by atoms with van der Waals surface area (Å²) in [5.74, 6) is 0.356. The molecule has 8 heteroatoms. The third-order valence-corrected chi connectivity index (χ3v) is 5.77. The van der Waals surface area contributed by atoms with Crippen molar-refractivity contribution < 1.29 is 14.3 Å². The Kier molecular flexibility index (Phi) is 7.17. The topological polar surface area (TPSA) is 71.0 Å². The summed E-state index contributed by atoms with van der Waals surface area (Å²) in [6.45, 7) is 4.88. The summed E-state index contributed by atoms with van der Waals surface area (Å²) >= 11 is 7.40. The van der Waals surface area contributed by atoms with E-state index in [9.17, 15) is 9.59 Å². The minimum absolute atomic E-state index is 0.108. The Morgan fingerprint density at radius 2 is 1.97 bits per heavy atom. The van der Waals surface area contributed by atoms with E-state index in [1.165, 1.54) is 11.8 Å². The van der Waals surface area contributed by atoms with E-state index in [4.69, 9.17) is 16.3 Å². The SMILES string of the molecule is CCOc1ccc(N=C2S[C@@H](C(=O)Nc3ccccc3Cl)CC(=O)N2CC)cc1. The number of halogens is 1. The maximum atomic E-state index is 12.7. The standard InChI is InChI=1S/C21H22ClN3O3S/c1-3-25-19(26)13-18(20(27)24-17-8-6-5-7-16(17)22)29-21(25)23-14-9-11-15(12-10-14)28-4-2/h5-12,18H,3-4,13H2,1-2H3,(H,24,27)/t18-/m1/s1. The molecule has 1 aliphatic rings.